The molecule has 0 atom stereocenters. The summed E-state index contributed by atoms with van der Waals surface area (Å²) in [6, 6.07) is 34.8. The van der Waals surface area contributed by atoms with Crippen molar-refractivity contribution in [3.63, 3.8) is 0 Å². The van der Waals surface area contributed by atoms with Crippen LogP contribution in [0.4, 0.5) is 0 Å². The SMILES string of the molecule is CC.CNCc1ccc(-c2ccc(O)cc2)cc1.CNCc1ccc(-c2ccccc2)cc1. The van der Waals surface area contributed by atoms with Gasteiger partial charge in [0.05, 0.1) is 0 Å². The molecule has 0 aromatic heterocycles. The number of aromatic hydroxyl groups is 1. The lowest BCUT2D eigenvalue weighted by atomic mass is 10.0. The van der Waals surface area contributed by atoms with Gasteiger partial charge < -0.3 is 15.7 Å². The Balaban J connectivity index is 0.000000218. The van der Waals surface area contributed by atoms with Gasteiger partial charge in [0.1, 0.15) is 5.75 Å². The van der Waals surface area contributed by atoms with Crippen LogP contribution < -0.4 is 10.6 Å². The van der Waals surface area contributed by atoms with Crippen molar-refractivity contribution < 1.29 is 5.11 Å². The van der Waals surface area contributed by atoms with E-state index in [0.717, 1.165) is 18.7 Å². The Kier molecular flexibility index (Phi) is 11.5. The van der Waals surface area contributed by atoms with Crippen LogP contribution in [-0.2, 0) is 13.1 Å². The third kappa shape index (κ3) is 8.57. The Labute approximate surface area is 199 Å². The first-order valence-corrected chi connectivity index (χ1v) is 11.5. The van der Waals surface area contributed by atoms with Crippen molar-refractivity contribution >= 4 is 0 Å². The summed E-state index contributed by atoms with van der Waals surface area (Å²) in [6.07, 6.45) is 0. The smallest absolute Gasteiger partial charge is 0.115 e. The highest BCUT2D eigenvalue weighted by Gasteiger charge is 1.98. The molecule has 0 saturated heterocycles. The third-order valence-electron chi connectivity index (χ3n) is 4.98. The molecule has 0 radical (unpaired) electrons. The lowest BCUT2D eigenvalue weighted by Crippen LogP contribution is -2.04. The van der Waals surface area contributed by atoms with Crippen molar-refractivity contribution in [2.45, 2.75) is 26.9 Å². The van der Waals surface area contributed by atoms with Gasteiger partial charge in [-0.3, -0.25) is 0 Å². The van der Waals surface area contributed by atoms with Crippen molar-refractivity contribution in [3.05, 3.63) is 114 Å². The molecule has 0 fully saturated rings. The first-order valence-electron chi connectivity index (χ1n) is 11.5. The zero-order valence-corrected chi connectivity index (χ0v) is 20.2. The maximum Gasteiger partial charge on any atom is 0.115 e. The molecule has 3 heteroatoms. The molecule has 3 N–H and O–H groups in total. The van der Waals surface area contributed by atoms with Gasteiger partial charge >= 0.3 is 0 Å². The van der Waals surface area contributed by atoms with Gasteiger partial charge in [0.2, 0.25) is 0 Å². The van der Waals surface area contributed by atoms with Crippen LogP contribution in [0.3, 0.4) is 0 Å². The van der Waals surface area contributed by atoms with Gasteiger partial charge in [-0.1, -0.05) is 105 Å². The molecule has 172 valence electrons. The first-order chi connectivity index (χ1) is 16.2. The molecule has 0 spiro atoms. The summed E-state index contributed by atoms with van der Waals surface area (Å²) in [7, 11) is 3.90. The summed E-state index contributed by atoms with van der Waals surface area (Å²) in [5.41, 5.74) is 7.42. The van der Waals surface area contributed by atoms with E-state index in [1.54, 1.807) is 12.1 Å². The van der Waals surface area contributed by atoms with E-state index in [2.05, 4.69) is 83.4 Å². The lowest BCUT2D eigenvalue weighted by Gasteiger charge is -2.04. The van der Waals surface area contributed by atoms with E-state index in [0.29, 0.717) is 5.75 Å². The Bertz CT molecular complexity index is 1030. The number of nitrogens with one attached hydrogen (secondary N) is 2. The zero-order valence-electron chi connectivity index (χ0n) is 20.2. The van der Waals surface area contributed by atoms with Gasteiger partial charge in [0.25, 0.3) is 0 Å². The number of benzene rings is 4. The van der Waals surface area contributed by atoms with Crippen LogP contribution >= 0.6 is 0 Å². The zero-order chi connectivity index (χ0) is 23.9. The molecule has 0 bridgehead atoms. The van der Waals surface area contributed by atoms with Gasteiger partial charge in [-0.2, -0.15) is 0 Å². The number of rotatable bonds is 6. The highest BCUT2D eigenvalue weighted by molar-refractivity contribution is 5.64. The Hall–Kier alpha value is -3.40. The summed E-state index contributed by atoms with van der Waals surface area (Å²) >= 11 is 0. The monoisotopic (exact) mass is 440 g/mol. The molecule has 0 unspecified atom stereocenters. The highest BCUT2D eigenvalue weighted by atomic mass is 16.3. The molecule has 4 aromatic rings. The number of phenolic OH excluding ortho intramolecular Hbond substituents is 1. The topological polar surface area (TPSA) is 44.3 Å². The van der Waals surface area contributed by atoms with Gasteiger partial charge in [0, 0.05) is 13.1 Å². The Morgan fingerprint density at radius 1 is 0.485 bits per heavy atom. The van der Waals surface area contributed by atoms with Crippen molar-refractivity contribution in [2.24, 2.45) is 0 Å². The standard InChI is InChI=1S/C14H15NO.C14H15N.C2H6/c1-15-10-11-2-4-12(5-3-11)13-6-8-14(16)9-7-13;1-15-11-12-7-9-14(10-8-12)13-5-3-2-4-6-13;1-2/h2-9,15-16H,10H2,1H3;2-10,15H,11H2,1H3;1-2H3. The minimum atomic E-state index is 0.301. The normalized spacial score (nSPS) is 9.82. The maximum absolute atomic E-state index is 9.21. The largest absolute Gasteiger partial charge is 0.508 e. The van der Waals surface area contributed by atoms with Crippen molar-refractivity contribution in [1.82, 2.24) is 10.6 Å². The predicted molar refractivity (Wildman–Crippen MR) is 142 cm³/mol. The molecule has 0 amide bonds. The Morgan fingerprint density at radius 3 is 1.18 bits per heavy atom. The second kappa shape index (κ2) is 14.6. The van der Waals surface area contributed by atoms with E-state index < -0.39 is 0 Å². The van der Waals surface area contributed by atoms with Crippen LogP contribution in [0, 0.1) is 0 Å². The molecule has 3 nitrogen and oxygen atoms in total. The second-order valence-electron chi connectivity index (χ2n) is 7.37. The number of hydrogen-bond acceptors (Lipinski definition) is 3. The van der Waals surface area contributed by atoms with Gasteiger partial charge in [0.15, 0.2) is 0 Å². The fourth-order valence-corrected chi connectivity index (χ4v) is 3.32. The average molecular weight is 441 g/mol. The van der Waals surface area contributed by atoms with Crippen LogP contribution in [0.2, 0.25) is 0 Å². The van der Waals surface area contributed by atoms with Gasteiger partial charge in [-0.25, -0.2) is 0 Å². The minimum Gasteiger partial charge on any atom is -0.508 e. The molecule has 0 aliphatic rings. The molecule has 0 saturated carbocycles. The van der Waals surface area contributed by atoms with Crippen LogP contribution in [0.5, 0.6) is 5.75 Å². The average Bonchev–Trinajstić information content (AvgIpc) is 2.88. The molecular weight excluding hydrogens is 404 g/mol. The molecule has 0 heterocycles. The summed E-state index contributed by atoms with van der Waals surface area (Å²) in [5.74, 6) is 0.301. The molecule has 4 rings (SSSR count). The molecule has 33 heavy (non-hydrogen) atoms. The number of hydrogen-bond donors (Lipinski definition) is 3. The first kappa shape index (κ1) is 25.9. The fraction of sp³-hybridized carbons (Fsp3) is 0.200. The van der Waals surface area contributed by atoms with E-state index in [9.17, 15) is 5.11 Å². The van der Waals surface area contributed by atoms with E-state index in [-0.39, 0.29) is 0 Å². The molecular formula is C30H36N2O. The van der Waals surface area contributed by atoms with E-state index in [1.807, 2.05) is 46.1 Å². The lowest BCUT2D eigenvalue weighted by molar-refractivity contribution is 0.475. The maximum atomic E-state index is 9.21. The van der Waals surface area contributed by atoms with Gasteiger partial charge in [-0.15, -0.1) is 0 Å². The molecule has 4 aromatic carbocycles. The van der Waals surface area contributed by atoms with Crippen LogP contribution in [-0.4, -0.2) is 19.2 Å². The molecule has 0 aliphatic carbocycles. The third-order valence-corrected chi connectivity index (χ3v) is 4.98. The number of phenols is 1. The van der Waals surface area contributed by atoms with Crippen molar-refractivity contribution in [1.29, 1.82) is 0 Å². The quantitative estimate of drug-likeness (QED) is 0.306. The summed E-state index contributed by atoms with van der Waals surface area (Å²) in [5, 5.41) is 15.5. The second-order valence-corrected chi connectivity index (χ2v) is 7.37. The summed E-state index contributed by atoms with van der Waals surface area (Å²) < 4.78 is 0. The minimum absolute atomic E-state index is 0.301. The Morgan fingerprint density at radius 2 is 0.818 bits per heavy atom. The predicted octanol–water partition coefficient (Wildman–Crippen LogP) is 6.88. The van der Waals surface area contributed by atoms with E-state index >= 15 is 0 Å². The summed E-state index contributed by atoms with van der Waals surface area (Å²) in [6.45, 7) is 5.81. The van der Waals surface area contributed by atoms with Gasteiger partial charge in [-0.05, 0) is 59.6 Å². The fourth-order valence-electron chi connectivity index (χ4n) is 3.32. The van der Waals surface area contributed by atoms with E-state index in [1.165, 1.54) is 27.8 Å². The molecule has 0 aliphatic heterocycles. The highest BCUT2D eigenvalue weighted by Crippen LogP contribution is 2.22. The van der Waals surface area contributed by atoms with Crippen LogP contribution in [0.1, 0.15) is 25.0 Å². The summed E-state index contributed by atoms with van der Waals surface area (Å²) in [4.78, 5) is 0. The van der Waals surface area contributed by atoms with Crippen molar-refractivity contribution in [2.75, 3.05) is 14.1 Å². The van der Waals surface area contributed by atoms with Crippen LogP contribution in [0.25, 0.3) is 22.3 Å². The van der Waals surface area contributed by atoms with Crippen molar-refractivity contribution in [3.8, 4) is 28.0 Å². The van der Waals surface area contributed by atoms with E-state index in [4.69, 9.17) is 0 Å². The van der Waals surface area contributed by atoms with Crippen LogP contribution in [0.15, 0.2) is 103 Å².